The molecule has 106 valence electrons. The highest BCUT2D eigenvalue weighted by Crippen LogP contribution is 2.29. The van der Waals surface area contributed by atoms with Gasteiger partial charge in [0.25, 0.3) is 0 Å². The molecule has 2 aromatic carbocycles. The Hall–Kier alpha value is -2.27. The molecule has 0 atom stereocenters. The summed E-state index contributed by atoms with van der Waals surface area (Å²) in [6.45, 7) is 0. The van der Waals surface area contributed by atoms with Crippen LogP contribution in [0.4, 0.5) is 10.1 Å². The zero-order valence-corrected chi connectivity index (χ0v) is 11.9. The largest absolute Gasteiger partial charge is 0.440 e. The number of benzene rings is 2. The molecule has 0 bridgehead atoms. The average molecular weight is 300 g/mol. The lowest BCUT2D eigenvalue weighted by Crippen LogP contribution is -1.88. The third-order valence-corrected chi connectivity index (χ3v) is 4.03. The summed E-state index contributed by atoms with van der Waals surface area (Å²) in [5.74, 6) is 1.57. The number of rotatable bonds is 4. The van der Waals surface area contributed by atoms with Crippen molar-refractivity contribution in [2.24, 2.45) is 0 Å². The summed E-state index contributed by atoms with van der Waals surface area (Å²) in [5.41, 5.74) is 7.44. The summed E-state index contributed by atoms with van der Waals surface area (Å²) in [7, 11) is 0. The first kappa shape index (κ1) is 13.7. The van der Waals surface area contributed by atoms with E-state index in [4.69, 9.17) is 10.2 Å². The van der Waals surface area contributed by atoms with Gasteiger partial charge < -0.3 is 10.2 Å². The van der Waals surface area contributed by atoms with Crippen LogP contribution >= 0.6 is 11.8 Å². The molecule has 0 aliphatic rings. The Morgan fingerprint density at radius 3 is 2.62 bits per heavy atom. The van der Waals surface area contributed by atoms with Gasteiger partial charge in [-0.2, -0.15) is 0 Å². The summed E-state index contributed by atoms with van der Waals surface area (Å²) in [5, 5.41) is 0. The van der Waals surface area contributed by atoms with Crippen LogP contribution in [-0.4, -0.2) is 4.98 Å². The van der Waals surface area contributed by atoms with E-state index >= 15 is 0 Å². The van der Waals surface area contributed by atoms with E-state index in [1.165, 1.54) is 12.1 Å². The summed E-state index contributed by atoms with van der Waals surface area (Å²) in [6, 6.07) is 13.8. The molecule has 3 nitrogen and oxygen atoms in total. The van der Waals surface area contributed by atoms with Gasteiger partial charge in [0.2, 0.25) is 5.89 Å². The van der Waals surface area contributed by atoms with Crippen LogP contribution in [0.1, 0.15) is 5.89 Å². The molecule has 0 saturated carbocycles. The Balaban J connectivity index is 1.71. The van der Waals surface area contributed by atoms with E-state index in [1.54, 1.807) is 30.1 Å². The van der Waals surface area contributed by atoms with E-state index in [0.717, 1.165) is 16.1 Å². The van der Waals surface area contributed by atoms with Gasteiger partial charge in [-0.3, -0.25) is 0 Å². The quantitative estimate of drug-likeness (QED) is 0.574. The number of aromatic nitrogens is 1. The first-order valence-electron chi connectivity index (χ1n) is 6.40. The summed E-state index contributed by atoms with van der Waals surface area (Å²) >= 11 is 1.57. The van der Waals surface area contributed by atoms with Gasteiger partial charge >= 0.3 is 0 Å². The highest BCUT2D eigenvalue weighted by atomic mass is 32.2. The molecule has 0 fully saturated rings. The minimum absolute atomic E-state index is 0.270. The molecule has 0 amide bonds. The van der Waals surface area contributed by atoms with Crippen molar-refractivity contribution in [1.29, 1.82) is 0 Å². The van der Waals surface area contributed by atoms with Crippen LogP contribution in [0.5, 0.6) is 0 Å². The Labute approximate surface area is 126 Å². The number of anilines is 1. The second kappa shape index (κ2) is 6.01. The molecule has 0 saturated heterocycles. The van der Waals surface area contributed by atoms with Gasteiger partial charge in [0.05, 0.1) is 11.9 Å². The normalized spacial score (nSPS) is 10.7. The maximum Gasteiger partial charge on any atom is 0.205 e. The number of oxazole rings is 1. The van der Waals surface area contributed by atoms with Crippen molar-refractivity contribution in [3.05, 3.63) is 66.4 Å². The van der Waals surface area contributed by atoms with Gasteiger partial charge in [-0.1, -0.05) is 12.1 Å². The smallest absolute Gasteiger partial charge is 0.205 e. The first-order valence-corrected chi connectivity index (χ1v) is 7.39. The van der Waals surface area contributed by atoms with Crippen LogP contribution in [0.15, 0.2) is 64.0 Å². The number of nitrogens with two attached hydrogens (primary N) is 1. The first-order chi connectivity index (χ1) is 10.2. The molecule has 3 aromatic rings. The number of thioether (sulfide) groups is 1. The van der Waals surface area contributed by atoms with Gasteiger partial charge in [-0.25, -0.2) is 9.37 Å². The Bertz CT molecular complexity index is 740. The van der Waals surface area contributed by atoms with E-state index in [-0.39, 0.29) is 5.82 Å². The maximum absolute atomic E-state index is 12.9. The van der Waals surface area contributed by atoms with Gasteiger partial charge in [0, 0.05) is 16.1 Å². The van der Waals surface area contributed by atoms with Crippen LogP contribution in [0.3, 0.4) is 0 Å². The lowest BCUT2D eigenvalue weighted by Gasteiger charge is -2.02. The second-order valence-electron chi connectivity index (χ2n) is 4.45. The molecule has 21 heavy (non-hydrogen) atoms. The molecule has 0 aliphatic carbocycles. The summed E-state index contributed by atoms with van der Waals surface area (Å²) in [4.78, 5) is 5.24. The van der Waals surface area contributed by atoms with Crippen molar-refractivity contribution in [1.82, 2.24) is 4.98 Å². The monoisotopic (exact) mass is 300 g/mol. The molecule has 0 unspecified atom stereocenters. The zero-order valence-electron chi connectivity index (χ0n) is 11.1. The van der Waals surface area contributed by atoms with Crippen LogP contribution in [0.25, 0.3) is 11.3 Å². The van der Waals surface area contributed by atoms with Crippen molar-refractivity contribution in [2.45, 2.75) is 10.6 Å². The lowest BCUT2D eigenvalue weighted by atomic mass is 10.2. The summed E-state index contributed by atoms with van der Waals surface area (Å²) < 4.78 is 18.6. The van der Waals surface area contributed by atoms with E-state index < -0.39 is 0 Å². The average Bonchev–Trinajstić information content (AvgIpc) is 2.96. The van der Waals surface area contributed by atoms with E-state index in [9.17, 15) is 4.39 Å². The highest BCUT2D eigenvalue weighted by Gasteiger charge is 2.08. The second-order valence-corrected chi connectivity index (χ2v) is 5.47. The fourth-order valence-corrected chi connectivity index (χ4v) is 2.70. The molecule has 5 heteroatoms. The van der Waals surface area contributed by atoms with Crippen LogP contribution < -0.4 is 5.73 Å². The van der Waals surface area contributed by atoms with Crippen molar-refractivity contribution in [3.8, 4) is 11.3 Å². The number of halogens is 1. The lowest BCUT2D eigenvalue weighted by molar-refractivity contribution is 0.530. The molecule has 0 radical (unpaired) electrons. The predicted octanol–water partition coefficient (Wildman–Crippen LogP) is 4.36. The zero-order chi connectivity index (χ0) is 14.7. The Morgan fingerprint density at radius 1 is 1.10 bits per heavy atom. The topological polar surface area (TPSA) is 52.0 Å². The highest BCUT2D eigenvalue weighted by molar-refractivity contribution is 7.98. The standard InChI is InChI=1S/C16H13FN2OS/c17-12-7-5-11(6-8-12)14-9-19-16(20-14)10-21-15-4-2-1-3-13(15)18/h1-9H,10,18H2. The van der Waals surface area contributed by atoms with Crippen molar-refractivity contribution in [3.63, 3.8) is 0 Å². The molecular formula is C16H13FN2OS. The van der Waals surface area contributed by atoms with E-state index in [1.807, 2.05) is 24.3 Å². The molecule has 0 aliphatic heterocycles. The van der Waals surface area contributed by atoms with Crippen molar-refractivity contribution < 1.29 is 8.81 Å². The number of hydrogen-bond acceptors (Lipinski definition) is 4. The van der Waals surface area contributed by atoms with Crippen LogP contribution in [0.2, 0.25) is 0 Å². The third-order valence-electron chi connectivity index (χ3n) is 2.95. The van der Waals surface area contributed by atoms with Crippen LogP contribution in [-0.2, 0) is 5.75 Å². The minimum atomic E-state index is -0.270. The molecule has 2 N–H and O–H groups in total. The van der Waals surface area contributed by atoms with Crippen molar-refractivity contribution >= 4 is 17.4 Å². The SMILES string of the molecule is Nc1ccccc1SCc1ncc(-c2ccc(F)cc2)o1. The number of para-hydroxylation sites is 1. The van der Waals surface area contributed by atoms with Crippen LogP contribution in [0, 0.1) is 5.82 Å². The maximum atomic E-state index is 12.9. The van der Waals surface area contributed by atoms with Gasteiger partial charge in [-0.05, 0) is 36.4 Å². The molecule has 1 heterocycles. The fraction of sp³-hybridized carbons (Fsp3) is 0.0625. The summed E-state index contributed by atoms with van der Waals surface area (Å²) in [6.07, 6.45) is 1.65. The number of nitrogen functional groups attached to an aromatic ring is 1. The molecule has 3 rings (SSSR count). The third kappa shape index (κ3) is 3.25. The predicted molar refractivity (Wildman–Crippen MR) is 82.3 cm³/mol. The van der Waals surface area contributed by atoms with Gasteiger partial charge in [-0.15, -0.1) is 11.8 Å². The molecular weight excluding hydrogens is 287 g/mol. The van der Waals surface area contributed by atoms with E-state index in [2.05, 4.69) is 4.98 Å². The molecule has 0 spiro atoms. The van der Waals surface area contributed by atoms with E-state index in [0.29, 0.717) is 17.4 Å². The minimum Gasteiger partial charge on any atom is -0.440 e. The van der Waals surface area contributed by atoms with Crippen molar-refractivity contribution in [2.75, 3.05) is 5.73 Å². The van der Waals surface area contributed by atoms with Gasteiger partial charge in [0.1, 0.15) is 5.82 Å². The van der Waals surface area contributed by atoms with Gasteiger partial charge in [0.15, 0.2) is 5.76 Å². The number of hydrogen-bond donors (Lipinski definition) is 1. The Kier molecular flexibility index (Phi) is 3.92. The number of nitrogens with zero attached hydrogens (tertiary/aromatic N) is 1. The fourth-order valence-electron chi connectivity index (χ4n) is 1.88. The Morgan fingerprint density at radius 2 is 1.86 bits per heavy atom. The molecule has 1 aromatic heterocycles.